The Labute approximate surface area is 117 Å². The van der Waals surface area contributed by atoms with E-state index in [1.807, 2.05) is 6.92 Å². The fourth-order valence-electron chi connectivity index (χ4n) is 1.94. The van der Waals surface area contributed by atoms with Crippen molar-refractivity contribution in [2.24, 2.45) is 0 Å². The minimum atomic E-state index is -4.57. The van der Waals surface area contributed by atoms with Gasteiger partial charge in [0.15, 0.2) is 0 Å². The minimum Gasteiger partial charge on any atom is -0.207 e. The molecule has 0 fully saturated rings. The lowest BCUT2D eigenvalue weighted by molar-refractivity contribution is -0.137. The van der Waals surface area contributed by atoms with Crippen molar-refractivity contribution >= 4 is 10.0 Å². The van der Waals surface area contributed by atoms with Gasteiger partial charge in [-0.15, -0.1) is 0 Å². The molecule has 0 amide bonds. The van der Waals surface area contributed by atoms with Crippen LogP contribution in [0.2, 0.25) is 0 Å². The van der Waals surface area contributed by atoms with Crippen LogP contribution >= 0.6 is 0 Å². The van der Waals surface area contributed by atoms with E-state index in [4.69, 9.17) is 0 Å². The highest BCUT2D eigenvalue weighted by Crippen LogP contribution is 2.30. The summed E-state index contributed by atoms with van der Waals surface area (Å²) >= 11 is 0. The summed E-state index contributed by atoms with van der Waals surface area (Å²) in [5, 5.41) is 0. The summed E-state index contributed by atoms with van der Waals surface area (Å²) in [4.78, 5) is -0.378. The minimum absolute atomic E-state index is 0.378. The van der Waals surface area contributed by atoms with Crippen LogP contribution in [0, 0.1) is 0 Å². The molecule has 0 radical (unpaired) electrons. The van der Waals surface area contributed by atoms with Crippen LogP contribution in [0.15, 0.2) is 29.2 Å². The first-order valence-corrected chi connectivity index (χ1v) is 7.67. The van der Waals surface area contributed by atoms with E-state index in [1.54, 1.807) is 13.8 Å². The third-order valence-electron chi connectivity index (χ3n) is 2.76. The number of halogens is 3. The third kappa shape index (κ3) is 4.49. The highest BCUT2D eigenvalue weighted by atomic mass is 32.2. The van der Waals surface area contributed by atoms with Crippen LogP contribution in [0.4, 0.5) is 13.2 Å². The molecule has 1 N–H and O–H groups in total. The zero-order valence-electron chi connectivity index (χ0n) is 11.6. The summed E-state index contributed by atoms with van der Waals surface area (Å²) in [6, 6.07) is 3.73. The zero-order chi connectivity index (χ0) is 15.6. The van der Waals surface area contributed by atoms with Gasteiger partial charge in [0.25, 0.3) is 0 Å². The molecule has 0 aliphatic heterocycles. The van der Waals surface area contributed by atoms with E-state index in [0.717, 1.165) is 24.6 Å². The fourth-order valence-corrected chi connectivity index (χ4v) is 3.43. The van der Waals surface area contributed by atoms with Crippen LogP contribution in [-0.2, 0) is 16.2 Å². The van der Waals surface area contributed by atoms with E-state index >= 15 is 0 Å². The van der Waals surface area contributed by atoms with Crippen LogP contribution in [-0.4, -0.2) is 14.0 Å². The molecule has 0 unspecified atom stereocenters. The van der Waals surface area contributed by atoms with Crippen molar-refractivity contribution in [2.45, 2.75) is 50.2 Å². The van der Waals surface area contributed by atoms with E-state index in [0.29, 0.717) is 12.5 Å². The molecule has 0 aliphatic rings. The van der Waals surface area contributed by atoms with Crippen LogP contribution < -0.4 is 4.72 Å². The smallest absolute Gasteiger partial charge is 0.207 e. The topological polar surface area (TPSA) is 46.2 Å². The number of rotatable bonds is 5. The number of benzene rings is 1. The summed E-state index contributed by atoms with van der Waals surface area (Å²) in [5.41, 5.74) is -1.68. The lowest BCUT2D eigenvalue weighted by atomic mass is 10.0. The molecule has 0 spiro atoms. The van der Waals surface area contributed by atoms with Gasteiger partial charge in [0.05, 0.1) is 10.5 Å². The third-order valence-corrected chi connectivity index (χ3v) is 4.45. The quantitative estimate of drug-likeness (QED) is 0.904. The summed E-state index contributed by atoms with van der Waals surface area (Å²) in [7, 11) is -3.97. The van der Waals surface area contributed by atoms with E-state index in [2.05, 4.69) is 4.72 Å². The summed E-state index contributed by atoms with van der Waals surface area (Å²) in [6.45, 7) is 5.30. The lowest BCUT2D eigenvalue weighted by Gasteiger charge is -2.25. The fraction of sp³-hybridized carbons (Fsp3) is 0.538. The zero-order valence-corrected chi connectivity index (χ0v) is 12.4. The van der Waals surface area contributed by atoms with Crippen LogP contribution in [0.3, 0.4) is 0 Å². The molecule has 1 rings (SSSR count). The van der Waals surface area contributed by atoms with E-state index < -0.39 is 27.3 Å². The number of hydrogen-bond donors (Lipinski definition) is 1. The Hall–Kier alpha value is -1.08. The highest BCUT2D eigenvalue weighted by Gasteiger charge is 2.32. The van der Waals surface area contributed by atoms with Gasteiger partial charge in [-0.3, -0.25) is 0 Å². The molecule has 1 aromatic rings. The van der Waals surface area contributed by atoms with Crippen molar-refractivity contribution in [3.05, 3.63) is 29.8 Å². The Morgan fingerprint density at radius 3 is 2.30 bits per heavy atom. The molecule has 1 aromatic carbocycles. The second kappa shape index (κ2) is 5.73. The molecule has 0 aromatic heterocycles. The molecule has 0 aliphatic carbocycles. The molecule has 0 heterocycles. The van der Waals surface area contributed by atoms with Gasteiger partial charge in [0.2, 0.25) is 10.0 Å². The highest BCUT2D eigenvalue weighted by molar-refractivity contribution is 7.89. The van der Waals surface area contributed by atoms with Crippen molar-refractivity contribution in [1.82, 2.24) is 4.72 Å². The predicted octanol–water partition coefficient (Wildman–Crippen LogP) is 3.56. The Morgan fingerprint density at radius 2 is 1.80 bits per heavy atom. The number of alkyl halides is 3. The van der Waals surface area contributed by atoms with Crippen molar-refractivity contribution in [2.75, 3.05) is 0 Å². The maximum atomic E-state index is 12.6. The average molecular weight is 309 g/mol. The Bertz CT molecular complexity index is 565. The standard InChI is InChI=1S/C13H18F3NO2S/c1-4-8-12(2,3)17-20(18,19)11-7-5-6-10(9-11)13(14,15)16/h5-7,9,17H,4,8H2,1-3H3. The van der Waals surface area contributed by atoms with Crippen molar-refractivity contribution in [3.8, 4) is 0 Å². The molecule has 20 heavy (non-hydrogen) atoms. The molecular formula is C13H18F3NO2S. The second-order valence-corrected chi connectivity index (χ2v) is 6.95. The van der Waals surface area contributed by atoms with Gasteiger partial charge < -0.3 is 0 Å². The molecule has 0 bridgehead atoms. The number of hydrogen-bond acceptors (Lipinski definition) is 2. The molecule has 0 saturated carbocycles. The molecule has 114 valence electrons. The summed E-state index contributed by atoms with van der Waals surface area (Å²) in [6.07, 6.45) is -3.21. The van der Waals surface area contributed by atoms with Gasteiger partial charge in [0.1, 0.15) is 0 Å². The van der Waals surface area contributed by atoms with E-state index in [1.165, 1.54) is 0 Å². The molecule has 0 atom stereocenters. The van der Waals surface area contributed by atoms with Gasteiger partial charge in [-0.05, 0) is 38.5 Å². The van der Waals surface area contributed by atoms with Gasteiger partial charge in [-0.25, -0.2) is 13.1 Å². The average Bonchev–Trinajstić information content (AvgIpc) is 2.26. The van der Waals surface area contributed by atoms with Crippen LogP contribution in [0.5, 0.6) is 0 Å². The maximum Gasteiger partial charge on any atom is 0.416 e. The summed E-state index contributed by atoms with van der Waals surface area (Å²) in [5.74, 6) is 0. The Balaban J connectivity index is 3.11. The van der Waals surface area contributed by atoms with Crippen LogP contribution in [0.1, 0.15) is 39.2 Å². The monoisotopic (exact) mass is 309 g/mol. The van der Waals surface area contributed by atoms with Gasteiger partial charge >= 0.3 is 6.18 Å². The molecule has 7 heteroatoms. The Kier molecular flexibility index (Phi) is 4.86. The molecular weight excluding hydrogens is 291 g/mol. The van der Waals surface area contributed by atoms with Gasteiger partial charge in [-0.1, -0.05) is 19.4 Å². The normalized spacial score (nSPS) is 13.5. The first-order chi connectivity index (χ1) is 8.98. The predicted molar refractivity (Wildman–Crippen MR) is 70.8 cm³/mol. The van der Waals surface area contributed by atoms with Gasteiger partial charge in [-0.2, -0.15) is 13.2 Å². The van der Waals surface area contributed by atoms with Crippen LogP contribution in [0.25, 0.3) is 0 Å². The largest absolute Gasteiger partial charge is 0.416 e. The molecule has 3 nitrogen and oxygen atoms in total. The second-order valence-electron chi connectivity index (χ2n) is 5.26. The van der Waals surface area contributed by atoms with Gasteiger partial charge in [0, 0.05) is 5.54 Å². The lowest BCUT2D eigenvalue weighted by Crippen LogP contribution is -2.43. The first-order valence-electron chi connectivity index (χ1n) is 6.19. The SMILES string of the molecule is CCCC(C)(C)NS(=O)(=O)c1cccc(C(F)(F)F)c1. The first kappa shape index (κ1) is 17.0. The Morgan fingerprint density at radius 1 is 1.20 bits per heavy atom. The van der Waals surface area contributed by atoms with Crippen molar-refractivity contribution < 1.29 is 21.6 Å². The van der Waals surface area contributed by atoms with E-state index in [9.17, 15) is 21.6 Å². The molecule has 0 saturated heterocycles. The maximum absolute atomic E-state index is 12.6. The summed E-state index contributed by atoms with van der Waals surface area (Å²) < 4.78 is 64.5. The van der Waals surface area contributed by atoms with E-state index in [-0.39, 0.29) is 4.90 Å². The van der Waals surface area contributed by atoms with Crippen molar-refractivity contribution in [1.29, 1.82) is 0 Å². The number of nitrogens with one attached hydrogen (secondary N) is 1. The number of sulfonamides is 1. The van der Waals surface area contributed by atoms with Crippen molar-refractivity contribution in [3.63, 3.8) is 0 Å².